The Morgan fingerprint density at radius 3 is 2.67 bits per heavy atom. The van der Waals surface area contributed by atoms with Crippen molar-refractivity contribution in [2.24, 2.45) is 0 Å². The number of anilines is 1. The fraction of sp³-hybridized carbons (Fsp3) is 0.222. The Morgan fingerprint density at radius 1 is 1.33 bits per heavy atom. The molecule has 78 valence electrons. The summed E-state index contributed by atoms with van der Waals surface area (Å²) in [6.45, 7) is 0.664. The number of hydrogen-bond acceptors (Lipinski definition) is 5. The summed E-state index contributed by atoms with van der Waals surface area (Å²) in [5.74, 6) is -0.223. The maximum absolute atomic E-state index is 12.7. The molecule has 1 aromatic carbocycles. The highest BCUT2D eigenvalue weighted by atomic mass is 32.1. The maximum atomic E-state index is 12.7. The number of benzene rings is 1. The number of hydrogen-bond donors (Lipinski definition) is 0. The molecule has 0 atom stereocenters. The summed E-state index contributed by atoms with van der Waals surface area (Å²) in [6.07, 6.45) is 0. The minimum Gasteiger partial charge on any atom is -0.344 e. The number of rotatable bonds is 3. The van der Waals surface area contributed by atoms with Gasteiger partial charge in [-0.2, -0.15) is 0 Å². The van der Waals surface area contributed by atoms with E-state index >= 15 is 0 Å². The molecule has 2 rings (SSSR count). The van der Waals surface area contributed by atoms with E-state index in [2.05, 4.69) is 14.8 Å². The van der Waals surface area contributed by atoms with E-state index in [4.69, 9.17) is 0 Å². The van der Waals surface area contributed by atoms with Crippen LogP contribution in [0.2, 0.25) is 0 Å². The second-order valence-corrected chi connectivity index (χ2v) is 3.84. The van der Waals surface area contributed by atoms with Crippen molar-refractivity contribution < 1.29 is 4.39 Å². The minimum atomic E-state index is -0.223. The van der Waals surface area contributed by atoms with Gasteiger partial charge in [-0.25, -0.2) is 4.39 Å². The van der Waals surface area contributed by atoms with Gasteiger partial charge in [0, 0.05) is 25.1 Å². The number of aromatic nitrogens is 3. The Kier molecular flexibility index (Phi) is 2.86. The van der Waals surface area contributed by atoms with Crippen LogP contribution >= 0.6 is 11.5 Å². The molecule has 0 saturated heterocycles. The van der Waals surface area contributed by atoms with Gasteiger partial charge < -0.3 is 4.90 Å². The Balaban J connectivity index is 2.06. The molecule has 0 saturated carbocycles. The van der Waals surface area contributed by atoms with E-state index in [-0.39, 0.29) is 5.82 Å². The monoisotopic (exact) mass is 224 g/mol. The lowest BCUT2D eigenvalue weighted by Crippen LogP contribution is -2.16. The van der Waals surface area contributed by atoms with Crippen molar-refractivity contribution in [1.29, 1.82) is 0 Å². The van der Waals surface area contributed by atoms with Crippen molar-refractivity contribution >= 4 is 16.7 Å². The van der Waals surface area contributed by atoms with Gasteiger partial charge in [-0.05, 0) is 22.9 Å². The van der Waals surface area contributed by atoms with E-state index < -0.39 is 0 Å². The SMILES string of the molecule is CN(Cc1ccc(F)cc1)c1nnns1. The lowest BCUT2D eigenvalue weighted by molar-refractivity contribution is 0.627. The average molecular weight is 224 g/mol. The highest BCUT2D eigenvalue weighted by Crippen LogP contribution is 2.14. The smallest absolute Gasteiger partial charge is 0.227 e. The molecule has 0 spiro atoms. The molecule has 0 radical (unpaired) electrons. The number of nitrogens with zero attached hydrogens (tertiary/aromatic N) is 4. The molecular formula is C9H9FN4S. The first-order valence-corrected chi connectivity index (χ1v) is 5.13. The highest BCUT2D eigenvalue weighted by molar-refractivity contribution is 7.09. The van der Waals surface area contributed by atoms with E-state index in [0.717, 1.165) is 10.7 Å². The predicted molar refractivity (Wildman–Crippen MR) is 56.2 cm³/mol. The summed E-state index contributed by atoms with van der Waals surface area (Å²) < 4.78 is 16.3. The van der Waals surface area contributed by atoms with Crippen LogP contribution < -0.4 is 4.90 Å². The molecule has 0 unspecified atom stereocenters. The molecule has 6 heteroatoms. The molecule has 0 aliphatic heterocycles. The minimum absolute atomic E-state index is 0.223. The highest BCUT2D eigenvalue weighted by Gasteiger charge is 2.05. The Bertz CT molecular complexity index is 414. The normalized spacial score (nSPS) is 10.3. The third-order valence-electron chi connectivity index (χ3n) is 1.95. The van der Waals surface area contributed by atoms with Crippen LogP contribution in [0.1, 0.15) is 5.56 Å². The standard InChI is InChI=1S/C9H9FN4S/c1-14(9-11-12-13-15-9)6-7-2-4-8(10)5-3-7/h2-5H,6H2,1H3. The summed E-state index contributed by atoms with van der Waals surface area (Å²) in [6, 6.07) is 6.39. The summed E-state index contributed by atoms with van der Waals surface area (Å²) in [5, 5.41) is 8.10. The van der Waals surface area contributed by atoms with Crippen LogP contribution in [0.15, 0.2) is 24.3 Å². The van der Waals surface area contributed by atoms with Gasteiger partial charge in [0.15, 0.2) is 0 Å². The van der Waals surface area contributed by atoms with Gasteiger partial charge in [-0.1, -0.05) is 21.7 Å². The van der Waals surface area contributed by atoms with Gasteiger partial charge in [0.1, 0.15) is 5.82 Å². The van der Waals surface area contributed by atoms with Crippen LogP contribution in [0.5, 0.6) is 0 Å². The summed E-state index contributed by atoms with van der Waals surface area (Å²) in [7, 11) is 1.89. The van der Waals surface area contributed by atoms with Gasteiger partial charge in [-0.3, -0.25) is 0 Å². The molecule has 0 fully saturated rings. The molecule has 0 bridgehead atoms. The predicted octanol–water partition coefficient (Wildman–Crippen LogP) is 1.71. The molecule has 0 aliphatic carbocycles. The third kappa shape index (κ3) is 2.47. The molecule has 1 heterocycles. The fourth-order valence-electron chi connectivity index (χ4n) is 1.21. The van der Waals surface area contributed by atoms with E-state index in [1.807, 2.05) is 11.9 Å². The van der Waals surface area contributed by atoms with Crippen LogP contribution in [-0.2, 0) is 6.54 Å². The third-order valence-corrected chi connectivity index (χ3v) is 2.66. The van der Waals surface area contributed by atoms with Crippen molar-refractivity contribution in [2.45, 2.75) is 6.54 Å². The summed E-state index contributed by atoms with van der Waals surface area (Å²) >= 11 is 1.23. The Labute approximate surface area is 90.5 Å². The van der Waals surface area contributed by atoms with Crippen LogP contribution in [0, 0.1) is 5.82 Å². The molecule has 15 heavy (non-hydrogen) atoms. The first kappa shape index (κ1) is 9.97. The number of halogens is 1. The fourth-order valence-corrected chi connectivity index (χ4v) is 1.63. The van der Waals surface area contributed by atoms with Crippen molar-refractivity contribution in [2.75, 3.05) is 11.9 Å². The van der Waals surface area contributed by atoms with E-state index in [9.17, 15) is 4.39 Å². The molecule has 0 aliphatic rings. The van der Waals surface area contributed by atoms with E-state index in [0.29, 0.717) is 6.54 Å². The van der Waals surface area contributed by atoms with Gasteiger partial charge in [0.05, 0.1) is 0 Å². The Morgan fingerprint density at radius 2 is 2.07 bits per heavy atom. The van der Waals surface area contributed by atoms with Gasteiger partial charge in [0.25, 0.3) is 0 Å². The zero-order chi connectivity index (χ0) is 10.7. The lowest BCUT2D eigenvalue weighted by Gasteiger charge is -2.13. The second kappa shape index (κ2) is 4.31. The van der Waals surface area contributed by atoms with Crippen LogP contribution in [-0.4, -0.2) is 21.8 Å². The van der Waals surface area contributed by atoms with Crippen molar-refractivity contribution in [3.05, 3.63) is 35.6 Å². The van der Waals surface area contributed by atoms with Crippen molar-refractivity contribution in [1.82, 2.24) is 14.8 Å². The van der Waals surface area contributed by atoms with Crippen molar-refractivity contribution in [3.8, 4) is 0 Å². The molecule has 0 N–H and O–H groups in total. The van der Waals surface area contributed by atoms with Gasteiger partial charge in [-0.15, -0.1) is 0 Å². The van der Waals surface area contributed by atoms with E-state index in [1.165, 1.54) is 23.7 Å². The zero-order valence-corrected chi connectivity index (χ0v) is 8.91. The zero-order valence-electron chi connectivity index (χ0n) is 8.09. The average Bonchev–Trinajstić information content (AvgIpc) is 2.74. The van der Waals surface area contributed by atoms with Gasteiger partial charge >= 0.3 is 0 Å². The Hall–Kier alpha value is -1.56. The maximum Gasteiger partial charge on any atom is 0.227 e. The van der Waals surface area contributed by atoms with Gasteiger partial charge in [0.2, 0.25) is 5.13 Å². The molecule has 2 aromatic rings. The second-order valence-electron chi connectivity index (χ2n) is 3.13. The van der Waals surface area contributed by atoms with Crippen LogP contribution in [0.4, 0.5) is 9.52 Å². The molecule has 0 amide bonds. The summed E-state index contributed by atoms with van der Waals surface area (Å²) in [4.78, 5) is 1.91. The van der Waals surface area contributed by atoms with Crippen LogP contribution in [0.25, 0.3) is 0 Å². The van der Waals surface area contributed by atoms with Crippen LogP contribution in [0.3, 0.4) is 0 Å². The molecular weight excluding hydrogens is 215 g/mol. The first-order chi connectivity index (χ1) is 7.25. The molecule has 4 nitrogen and oxygen atoms in total. The topological polar surface area (TPSA) is 41.9 Å². The van der Waals surface area contributed by atoms with Crippen molar-refractivity contribution in [3.63, 3.8) is 0 Å². The lowest BCUT2D eigenvalue weighted by atomic mass is 10.2. The summed E-state index contributed by atoms with van der Waals surface area (Å²) in [5.41, 5.74) is 1.02. The molecule has 1 aromatic heterocycles. The largest absolute Gasteiger partial charge is 0.344 e. The quantitative estimate of drug-likeness (QED) is 0.796. The first-order valence-electron chi connectivity index (χ1n) is 4.36. The van der Waals surface area contributed by atoms with E-state index in [1.54, 1.807) is 12.1 Å².